The predicted molar refractivity (Wildman–Crippen MR) is 88.0 cm³/mol. The summed E-state index contributed by atoms with van der Waals surface area (Å²) in [5, 5.41) is 8.63. The fourth-order valence-corrected chi connectivity index (χ4v) is 3.09. The van der Waals surface area contributed by atoms with Gasteiger partial charge in [0.2, 0.25) is 11.8 Å². The smallest absolute Gasteiger partial charge is 0.339 e. The summed E-state index contributed by atoms with van der Waals surface area (Å²) in [6.45, 7) is 1.92. The van der Waals surface area contributed by atoms with Crippen molar-refractivity contribution in [1.82, 2.24) is 10.6 Å². The molecule has 1 aromatic carbocycles. The zero-order valence-electron chi connectivity index (χ0n) is 12.9. The van der Waals surface area contributed by atoms with Crippen molar-refractivity contribution >= 4 is 35.2 Å². The second-order valence-corrected chi connectivity index (χ2v) is 6.21. The number of hydrogen-bond acceptors (Lipinski definition) is 6. The average Bonchev–Trinajstić information content (AvgIpc) is 2.52. The van der Waals surface area contributed by atoms with Crippen LogP contribution in [0.3, 0.4) is 0 Å². The lowest BCUT2D eigenvalue weighted by atomic mass is 10.2. The highest BCUT2D eigenvalue weighted by molar-refractivity contribution is 8.00. The lowest BCUT2D eigenvalue weighted by Crippen LogP contribution is -2.53. The van der Waals surface area contributed by atoms with E-state index in [4.69, 9.17) is 0 Å². The Balaban J connectivity index is 1.90. The zero-order chi connectivity index (χ0) is 16.8. The summed E-state index contributed by atoms with van der Waals surface area (Å²) in [7, 11) is 1.29. The Hall–Kier alpha value is -2.06. The van der Waals surface area contributed by atoms with Gasteiger partial charge in [0.05, 0.1) is 24.1 Å². The highest BCUT2D eigenvalue weighted by Gasteiger charge is 2.23. The van der Waals surface area contributed by atoms with Crippen molar-refractivity contribution in [2.24, 2.45) is 0 Å². The van der Waals surface area contributed by atoms with Gasteiger partial charge in [0.15, 0.2) is 0 Å². The van der Waals surface area contributed by atoms with Crippen LogP contribution in [0, 0.1) is 0 Å². The molecule has 1 aromatic rings. The minimum Gasteiger partial charge on any atom is -0.465 e. The highest BCUT2D eigenvalue weighted by atomic mass is 32.2. The third-order valence-electron chi connectivity index (χ3n) is 3.21. The molecule has 2 amide bonds. The van der Waals surface area contributed by atoms with Crippen molar-refractivity contribution in [3.8, 4) is 0 Å². The van der Waals surface area contributed by atoms with Gasteiger partial charge in [-0.05, 0) is 19.1 Å². The van der Waals surface area contributed by atoms with Gasteiger partial charge in [0.1, 0.15) is 5.50 Å². The predicted octanol–water partition coefficient (Wildman–Crippen LogP) is 0.926. The maximum atomic E-state index is 12.1. The van der Waals surface area contributed by atoms with Gasteiger partial charge in [-0.1, -0.05) is 12.1 Å². The molecule has 0 radical (unpaired) electrons. The van der Waals surface area contributed by atoms with Crippen molar-refractivity contribution in [1.29, 1.82) is 0 Å². The molecular formula is C15H19N3O4S. The number of esters is 1. The second kappa shape index (κ2) is 7.98. The molecule has 1 aliphatic heterocycles. The fourth-order valence-electron chi connectivity index (χ4n) is 2.16. The van der Waals surface area contributed by atoms with Gasteiger partial charge in [0, 0.05) is 12.5 Å². The van der Waals surface area contributed by atoms with Crippen molar-refractivity contribution in [2.75, 3.05) is 18.2 Å². The standard InChI is InChI=1S/C15H19N3O4S/c1-9-7-12(19)18-15(16-9)23-8-13(20)17-11-6-4-3-5-10(11)14(21)22-2/h3-6,9,15-16H,7-8H2,1-2H3,(H,17,20)(H,18,19). The monoisotopic (exact) mass is 337 g/mol. The third kappa shape index (κ3) is 4.97. The minimum atomic E-state index is -0.511. The Morgan fingerprint density at radius 2 is 2.13 bits per heavy atom. The van der Waals surface area contributed by atoms with Crippen LogP contribution in [0.1, 0.15) is 23.7 Å². The van der Waals surface area contributed by atoms with Gasteiger partial charge in [0.25, 0.3) is 0 Å². The van der Waals surface area contributed by atoms with E-state index < -0.39 is 5.97 Å². The Kier molecular flexibility index (Phi) is 6.00. The molecule has 2 unspecified atom stereocenters. The van der Waals surface area contributed by atoms with E-state index in [0.717, 1.165) is 0 Å². The number of benzene rings is 1. The van der Waals surface area contributed by atoms with Gasteiger partial charge >= 0.3 is 5.97 Å². The number of amides is 2. The molecule has 0 spiro atoms. The van der Waals surface area contributed by atoms with Gasteiger partial charge in [-0.25, -0.2) is 4.79 Å². The largest absolute Gasteiger partial charge is 0.465 e. The molecule has 1 fully saturated rings. The molecule has 124 valence electrons. The van der Waals surface area contributed by atoms with Crippen LogP contribution >= 0.6 is 11.8 Å². The fraction of sp³-hybridized carbons (Fsp3) is 0.400. The topological polar surface area (TPSA) is 96.5 Å². The number of thioether (sulfide) groups is 1. The van der Waals surface area contributed by atoms with Crippen molar-refractivity contribution < 1.29 is 19.1 Å². The number of carbonyl (C=O) groups is 3. The summed E-state index contributed by atoms with van der Waals surface area (Å²) in [4.78, 5) is 35.2. The Bertz CT molecular complexity index is 608. The first-order valence-electron chi connectivity index (χ1n) is 7.14. The molecule has 2 rings (SSSR count). The van der Waals surface area contributed by atoms with Crippen LogP contribution < -0.4 is 16.0 Å². The molecule has 0 aromatic heterocycles. The van der Waals surface area contributed by atoms with Crippen LogP contribution in [0.4, 0.5) is 5.69 Å². The van der Waals surface area contributed by atoms with E-state index in [9.17, 15) is 14.4 Å². The number of anilines is 1. The molecule has 2 atom stereocenters. The van der Waals surface area contributed by atoms with Gasteiger partial charge in [-0.3, -0.25) is 14.9 Å². The quantitative estimate of drug-likeness (QED) is 0.692. The van der Waals surface area contributed by atoms with Crippen LogP contribution in [0.25, 0.3) is 0 Å². The SMILES string of the molecule is COC(=O)c1ccccc1NC(=O)CSC1NC(=O)CC(C)N1. The summed E-state index contributed by atoms with van der Waals surface area (Å²) in [6.07, 6.45) is 0.426. The number of ether oxygens (including phenoxy) is 1. The van der Waals surface area contributed by atoms with E-state index in [2.05, 4.69) is 20.7 Å². The highest BCUT2D eigenvalue weighted by Crippen LogP contribution is 2.17. The van der Waals surface area contributed by atoms with Crippen molar-refractivity contribution in [3.63, 3.8) is 0 Å². The van der Waals surface area contributed by atoms with Gasteiger partial charge < -0.3 is 15.4 Å². The Labute approximate surface area is 138 Å². The first kappa shape index (κ1) is 17.3. The molecule has 0 saturated carbocycles. The molecule has 1 heterocycles. The molecule has 7 nitrogen and oxygen atoms in total. The van der Waals surface area contributed by atoms with E-state index in [1.54, 1.807) is 24.3 Å². The van der Waals surface area contributed by atoms with Crippen LogP contribution in [0.2, 0.25) is 0 Å². The summed E-state index contributed by atoms with van der Waals surface area (Å²) in [6, 6.07) is 6.71. The zero-order valence-corrected chi connectivity index (χ0v) is 13.7. The molecule has 3 N–H and O–H groups in total. The average molecular weight is 337 g/mol. The summed E-state index contributed by atoms with van der Waals surface area (Å²) in [5.74, 6) is -0.672. The third-order valence-corrected chi connectivity index (χ3v) is 4.22. The van der Waals surface area contributed by atoms with E-state index in [1.807, 2.05) is 6.92 Å². The lowest BCUT2D eigenvalue weighted by Gasteiger charge is -2.28. The summed E-state index contributed by atoms with van der Waals surface area (Å²) in [5.41, 5.74) is 0.401. The van der Waals surface area contributed by atoms with Crippen molar-refractivity contribution in [2.45, 2.75) is 24.9 Å². The number of nitrogens with one attached hydrogen (secondary N) is 3. The molecule has 23 heavy (non-hydrogen) atoms. The number of methoxy groups -OCH3 is 1. The number of para-hydroxylation sites is 1. The van der Waals surface area contributed by atoms with Crippen LogP contribution in [0.15, 0.2) is 24.3 Å². The van der Waals surface area contributed by atoms with E-state index >= 15 is 0 Å². The number of hydrogen-bond donors (Lipinski definition) is 3. The maximum Gasteiger partial charge on any atom is 0.339 e. The molecule has 0 aliphatic carbocycles. The molecule has 1 saturated heterocycles. The summed E-state index contributed by atoms with van der Waals surface area (Å²) < 4.78 is 4.68. The molecule has 0 bridgehead atoms. The normalized spacial score (nSPS) is 20.5. The number of carbonyl (C=O) groups excluding carboxylic acids is 3. The summed E-state index contributed by atoms with van der Waals surface area (Å²) >= 11 is 1.28. The van der Waals surface area contributed by atoms with E-state index in [1.165, 1.54) is 18.9 Å². The molecule has 1 aliphatic rings. The second-order valence-electron chi connectivity index (χ2n) is 5.12. The van der Waals surface area contributed by atoms with Crippen LogP contribution in [0.5, 0.6) is 0 Å². The molecular weight excluding hydrogens is 318 g/mol. The van der Waals surface area contributed by atoms with Gasteiger partial charge in [-0.2, -0.15) is 0 Å². The van der Waals surface area contributed by atoms with Crippen LogP contribution in [-0.2, 0) is 14.3 Å². The molecule has 8 heteroatoms. The first-order valence-corrected chi connectivity index (χ1v) is 8.18. The maximum absolute atomic E-state index is 12.1. The van der Waals surface area contributed by atoms with E-state index in [0.29, 0.717) is 17.7 Å². The Morgan fingerprint density at radius 3 is 2.83 bits per heavy atom. The van der Waals surface area contributed by atoms with Gasteiger partial charge in [-0.15, -0.1) is 11.8 Å². The Morgan fingerprint density at radius 1 is 1.39 bits per heavy atom. The minimum absolute atomic E-state index is 0.0369. The lowest BCUT2D eigenvalue weighted by molar-refractivity contribution is -0.123. The number of rotatable bonds is 5. The van der Waals surface area contributed by atoms with Crippen LogP contribution in [-0.4, -0.2) is 42.2 Å². The van der Waals surface area contributed by atoms with Crippen molar-refractivity contribution in [3.05, 3.63) is 29.8 Å². The first-order chi connectivity index (χ1) is 11.0. The van der Waals surface area contributed by atoms with E-state index in [-0.39, 0.29) is 29.1 Å².